The highest BCUT2D eigenvalue weighted by molar-refractivity contribution is 7.95. The smallest absolute Gasteiger partial charge is 0.217 e. The zero-order valence-electron chi connectivity index (χ0n) is 16.0. The molecule has 0 aromatic heterocycles. The fraction of sp³-hybridized carbons (Fsp3) is 1.00. The molecule has 0 amide bonds. The summed E-state index contributed by atoms with van der Waals surface area (Å²) in [7, 11) is -3.21. The molecule has 0 aliphatic carbocycles. The van der Waals surface area contributed by atoms with E-state index in [1.54, 1.807) is 0 Å². The Labute approximate surface area is 152 Å². The first-order chi connectivity index (χ1) is 11.2. The molecule has 0 saturated carbocycles. The summed E-state index contributed by atoms with van der Waals surface area (Å²) < 4.78 is 31.0. The highest BCUT2D eigenvalue weighted by Gasteiger charge is 2.11. The molecule has 0 saturated heterocycles. The number of hydrogen-bond donors (Lipinski definition) is 1. The van der Waals surface area contributed by atoms with Crippen LogP contribution in [-0.4, -0.2) is 49.6 Å². The zero-order valence-corrected chi connectivity index (χ0v) is 17.6. The van der Waals surface area contributed by atoms with Gasteiger partial charge in [-0.2, -0.15) is 0 Å². The van der Waals surface area contributed by atoms with Crippen molar-refractivity contribution in [2.75, 3.05) is 25.4 Å². The molecule has 0 heterocycles. The van der Waals surface area contributed by atoms with E-state index >= 15 is 0 Å². The predicted molar refractivity (Wildman–Crippen MR) is 103 cm³/mol. The van der Waals surface area contributed by atoms with E-state index in [-0.39, 0.29) is 6.10 Å². The Morgan fingerprint density at radius 1 is 0.958 bits per heavy atom. The minimum Gasteiger partial charge on any atom is -0.726 e. The summed E-state index contributed by atoms with van der Waals surface area (Å²) in [5, 5.41) is 9.75. The van der Waals surface area contributed by atoms with Gasteiger partial charge in [-0.05, 0) is 17.3 Å². The Morgan fingerprint density at radius 2 is 1.33 bits per heavy atom. The Hall–Kier alpha value is 0.180. The average Bonchev–Trinajstić information content (AvgIpc) is 2.48. The maximum atomic E-state index is 9.75. The lowest BCUT2D eigenvalue weighted by molar-refractivity contribution is 0.184. The topological polar surface area (TPSA) is 86.7 Å². The largest absolute Gasteiger partial charge is 0.726 e. The lowest BCUT2D eigenvalue weighted by Gasteiger charge is -2.07. The van der Waals surface area contributed by atoms with E-state index in [0.29, 0.717) is 10.9 Å². The second-order valence-electron chi connectivity index (χ2n) is 6.35. The molecule has 1 atom stereocenters. The van der Waals surface area contributed by atoms with Crippen LogP contribution >= 0.6 is 0 Å². The number of unbranched alkanes of at least 4 members (excludes halogenated alkanes) is 9. The number of aliphatic hydroxyl groups is 1. The zero-order chi connectivity index (χ0) is 18.8. The van der Waals surface area contributed by atoms with Crippen LogP contribution in [0.15, 0.2) is 0 Å². The molecule has 0 spiro atoms. The Bertz CT molecular complexity index is 345. The normalized spacial score (nSPS) is 12.8. The van der Waals surface area contributed by atoms with E-state index < -0.39 is 10.4 Å². The monoisotopic (exact) mass is 386 g/mol. The summed E-state index contributed by atoms with van der Waals surface area (Å²) in [5.41, 5.74) is 0. The molecular weight excluding hydrogens is 348 g/mol. The van der Waals surface area contributed by atoms with E-state index in [9.17, 15) is 18.1 Å². The SMILES string of the molecule is CCCCCCCCCCCCC(O)C[S+](C)C.COS(=O)(=O)[O-]. The molecule has 1 unspecified atom stereocenters. The second-order valence-corrected chi connectivity index (χ2v) is 9.81. The van der Waals surface area contributed by atoms with E-state index in [0.717, 1.165) is 19.3 Å². The van der Waals surface area contributed by atoms with Crippen LogP contribution in [0.4, 0.5) is 0 Å². The van der Waals surface area contributed by atoms with Crippen molar-refractivity contribution >= 4 is 21.3 Å². The Kier molecular flexibility index (Phi) is 19.8. The van der Waals surface area contributed by atoms with Gasteiger partial charge in [-0.3, -0.25) is 4.18 Å². The van der Waals surface area contributed by atoms with Gasteiger partial charge in [0.1, 0.15) is 5.75 Å². The average molecular weight is 387 g/mol. The van der Waals surface area contributed by atoms with Gasteiger partial charge in [0.15, 0.2) is 0 Å². The van der Waals surface area contributed by atoms with Crippen LogP contribution in [0.5, 0.6) is 0 Å². The summed E-state index contributed by atoms with van der Waals surface area (Å²) >= 11 is 0. The van der Waals surface area contributed by atoms with Gasteiger partial charge in [0, 0.05) is 0 Å². The van der Waals surface area contributed by atoms with Gasteiger partial charge in [-0.1, -0.05) is 71.1 Å². The molecule has 0 bridgehead atoms. The first kappa shape index (κ1) is 26.4. The van der Waals surface area contributed by atoms with Crippen molar-refractivity contribution in [1.29, 1.82) is 0 Å². The quantitative estimate of drug-likeness (QED) is 0.213. The standard InChI is InChI=1S/C16H35OS.CH4O4S/c1-4-5-6-7-8-9-10-11-12-13-14-16(17)15-18(2)3;1-5-6(2,3)4/h16-17H,4-15H2,1-3H3;1H3,(H,2,3,4)/q+1;/p-1. The minimum absolute atomic E-state index is 0.0441. The molecule has 0 aliphatic rings. The molecule has 0 radical (unpaired) electrons. The second kappa shape index (κ2) is 18.0. The lowest BCUT2D eigenvalue weighted by Crippen LogP contribution is -2.18. The minimum atomic E-state index is -4.41. The molecule has 5 nitrogen and oxygen atoms in total. The van der Waals surface area contributed by atoms with Gasteiger partial charge >= 0.3 is 0 Å². The summed E-state index contributed by atoms with van der Waals surface area (Å²) in [6.45, 7) is 2.27. The molecule has 0 aromatic rings. The van der Waals surface area contributed by atoms with Crippen LogP contribution in [-0.2, 0) is 25.5 Å². The Balaban J connectivity index is 0. The highest BCUT2D eigenvalue weighted by Crippen LogP contribution is 2.12. The van der Waals surface area contributed by atoms with E-state index in [2.05, 4.69) is 23.6 Å². The van der Waals surface area contributed by atoms with Crippen LogP contribution in [0.3, 0.4) is 0 Å². The predicted octanol–water partition coefficient (Wildman–Crippen LogP) is 3.63. The third kappa shape index (κ3) is 27.0. The van der Waals surface area contributed by atoms with E-state index in [1.807, 2.05) is 0 Å². The van der Waals surface area contributed by atoms with Crippen molar-refractivity contribution in [3.63, 3.8) is 0 Å². The molecule has 0 rings (SSSR count). The maximum Gasteiger partial charge on any atom is 0.217 e. The molecule has 0 aliphatic heterocycles. The van der Waals surface area contributed by atoms with E-state index in [4.69, 9.17) is 0 Å². The molecule has 7 heteroatoms. The fourth-order valence-corrected chi connectivity index (χ4v) is 3.27. The van der Waals surface area contributed by atoms with Gasteiger partial charge in [-0.15, -0.1) is 0 Å². The van der Waals surface area contributed by atoms with Crippen molar-refractivity contribution in [1.82, 2.24) is 0 Å². The van der Waals surface area contributed by atoms with Gasteiger partial charge in [0.25, 0.3) is 0 Å². The van der Waals surface area contributed by atoms with Crippen LogP contribution in [0.25, 0.3) is 0 Å². The number of rotatable bonds is 14. The van der Waals surface area contributed by atoms with Gasteiger partial charge in [0.05, 0.1) is 25.7 Å². The molecule has 148 valence electrons. The third-order valence-electron chi connectivity index (χ3n) is 3.62. The van der Waals surface area contributed by atoms with Gasteiger partial charge in [-0.25, -0.2) is 8.42 Å². The number of aliphatic hydroxyl groups excluding tert-OH is 1. The molecule has 0 aromatic carbocycles. The number of hydrogen-bond acceptors (Lipinski definition) is 5. The van der Waals surface area contributed by atoms with Crippen molar-refractivity contribution in [2.24, 2.45) is 0 Å². The van der Waals surface area contributed by atoms with Crippen LogP contribution in [0, 0.1) is 0 Å². The lowest BCUT2D eigenvalue weighted by atomic mass is 10.1. The third-order valence-corrected chi connectivity index (χ3v) is 5.08. The van der Waals surface area contributed by atoms with Crippen LogP contribution < -0.4 is 0 Å². The first-order valence-corrected chi connectivity index (χ1v) is 12.5. The van der Waals surface area contributed by atoms with Crippen molar-refractivity contribution in [3.05, 3.63) is 0 Å². The van der Waals surface area contributed by atoms with Gasteiger partial charge in [0.2, 0.25) is 10.4 Å². The summed E-state index contributed by atoms with van der Waals surface area (Å²) in [5.74, 6) is 0.997. The van der Waals surface area contributed by atoms with Crippen LogP contribution in [0.1, 0.15) is 77.6 Å². The molecular formula is C17H38O5S2. The first-order valence-electron chi connectivity index (χ1n) is 8.96. The van der Waals surface area contributed by atoms with Crippen molar-refractivity contribution < 1.29 is 22.3 Å². The molecule has 1 N–H and O–H groups in total. The molecule has 0 fully saturated rings. The van der Waals surface area contributed by atoms with E-state index in [1.165, 1.54) is 64.2 Å². The highest BCUT2D eigenvalue weighted by atomic mass is 32.3. The summed E-state index contributed by atoms with van der Waals surface area (Å²) in [6.07, 6.45) is 19.1. The van der Waals surface area contributed by atoms with Crippen LogP contribution in [0.2, 0.25) is 0 Å². The Morgan fingerprint density at radius 3 is 1.67 bits per heavy atom. The molecule has 24 heavy (non-hydrogen) atoms. The fourth-order valence-electron chi connectivity index (χ4n) is 2.34. The van der Waals surface area contributed by atoms with Crippen molar-refractivity contribution in [2.45, 2.75) is 83.7 Å². The summed E-state index contributed by atoms with van der Waals surface area (Å²) in [4.78, 5) is 0. The summed E-state index contributed by atoms with van der Waals surface area (Å²) in [6, 6.07) is 0. The van der Waals surface area contributed by atoms with Crippen molar-refractivity contribution in [3.8, 4) is 0 Å². The van der Waals surface area contributed by atoms with Gasteiger partial charge < -0.3 is 9.66 Å². The maximum absolute atomic E-state index is 9.75.